The number of nitrogens with zero attached hydrogens (tertiary/aromatic N) is 3. The Bertz CT molecular complexity index is 868. The van der Waals surface area contributed by atoms with Gasteiger partial charge in [0.25, 0.3) is 0 Å². The van der Waals surface area contributed by atoms with E-state index in [0.717, 1.165) is 4.57 Å². The van der Waals surface area contributed by atoms with Crippen molar-refractivity contribution in [3.8, 4) is 5.69 Å². The van der Waals surface area contributed by atoms with Gasteiger partial charge in [-0.1, -0.05) is 29.8 Å². The number of rotatable bonds is 1. The SMILES string of the molecule is O=c1nc2ccc(Cl)cn2c(=O)n1-c1ccccc1. The van der Waals surface area contributed by atoms with Gasteiger partial charge in [-0.3, -0.25) is 4.40 Å². The highest BCUT2D eigenvalue weighted by atomic mass is 35.5. The summed E-state index contributed by atoms with van der Waals surface area (Å²) < 4.78 is 2.25. The molecule has 3 aromatic rings. The second-order valence-electron chi connectivity index (χ2n) is 3.92. The molecule has 19 heavy (non-hydrogen) atoms. The van der Waals surface area contributed by atoms with Crippen molar-refractivity contribution in [3.05, 3.63) is 74.7 Å². The van der Waals surface area contributed by atoms with Gasteiger partial charge in [0.2, 0.25) is 0 Å². The van der Waals surface area contributed by atoms with Crippen LogP contribution in [0.3, 0.4) is 0 Å². The zero-order valence-electron chi connectivity index (χ0n) is 9.65. The molecule has 0 atom stereocenters. The molecular formula is C13H8ClN3O2. The lowest BCUT2D eigenvalue weighted by molar-refractivity contribution is 0.794. The number of fused-ring (bicyclic) bond motifs is 1. The number of hydrogen-bond donors (Lipinski definition) is 0. The summed E-state index contributed by atoms with van der Waals surface area (Å²) in [7, 11) is 0. The Morgan fingerprint density at radius 1 is 1.00 bits per heavy atom. The van der Waals surface area contributed by atoms with E-state index in [1.807, 2.05) is 0 Å². The molecule has 2 aromatic heterocycles. The molecule has 0 fully saturated rings. The van der Waals surface area contributed by atoms with Crippen LogP contribution in [0.4, 0.5) is 0 Å². The molecule has 0 spiro atoms. The maximum absolute atomic E-state index is 12.3. The third-order valence-corrected chi connectivity index (χ3v) is 2.93. The monoisotopic (exact) mass is 273 g/mol. The van der Waals surface area contributed by atoms with Gasteiger partial charge in [-0.25, -0.2) is 14.2 Å². The molecule has 2 heterocycles. The van der Waals surface area contributed by atoms with Crippen LogP contribution < -0.4 is 11.4 Å². The number of pyridine rings is 1. The van der Waals surface area contributed by atoms with Crippen molar-refractivity contribution in [2.75, 3.05) is 0 Å². The van der Waals surface area contributed by atoms with Gasteiger partial charge in [0.15, 0.2) is 0 Å². The number of hydrogen-bond acceptors (Lipinski definition) is 3. The summed E-state index contributed by atoms with van der Waals surface area (Å²) in [4.78, 5) is 28.1. The van der Waals surface area contributed by atoms with Gasteiger partial charge in [-0.2, -0.15) is 4.98 Å². The maximum Gasteiger partial charge on any atom is 0.358 e. The highest BCUT2D eigenvalue weighted by molar-refractivity contribution is 6.30. The fourth-order valence-electron chi connectivity index (χ4n) is 1.85. The summed E-state index contributed by atoms with van der Waals surface area (Å²) in [5.74, 6) is 0. The van der Waals surface area contributed by atoms with Crippen molar-refractivity contribution in [1.29, 1.82) is 0 Å². The minimum Gasteiger partial charge on any atom is -0.251 e. The molecular weight excluding hydrogens is 266 g/mol. The van der Waals surface area contributed by atoms with Gasteiger partial charge in [0.1, 0.15) is 5.65 Å². The van der Waals surface area contributed by atoms with Gasteiger partial charge in [-0.05, 0) is 24.3 Å². The first-order chi connectivity index (χ1) is 9.16. The van der Waals surface area contributed by atoms with E-state index >= 15 is 0 Å². The molecule has 3 rings (SSSR count). The molecule has 94 valence electrons. The highest BCUT2D eigenvalue weighted by Crippen LogP contribution is 2.07. The first-order valence-electron chi connectivity index (χ1n) is 5.53. The van der Waals surface area contributed by atoms with E-state index in [9.17, 15) is 9.59 Å². The van der Waals surface area contributed by atoms with Gasteiger partial charge >= 0.3 is 11.4 Å². The first-order valence-corrected chi connectivity index (χ1v) is 5.91. The van der Waals surface area contributed by atoms with Crippen LogP contribution in [0.2, 0.25) is 5.02 Å². The van der Waals surface area contributed by atoms with Crippen LogP contribution in [0, 0.1) is 0 Å². The molecule has 0 aliphatic heterocycles. The Hall–Kier alpha value is -2.40. The van der Waals surface area contributed by atoms with Crippen LogP contribution >= 0.6 is 11.6 Å². The number of para-hydroxylation sites is 1. The lowest BCUT2D eigenvalue weighted by atomic mass is 10.3. The minimum atomic E-state index is -0.612. The standard InChI is InChI=1S/C13H8ClN3O2/c14-9-6-7-11-15-12(18)17(13(19)16(11)8-9)10-4-2-1-3-5-10/h1-8H. The van der Waals surface area contributed by atoms with Crippen molar-refractivity contribution in [2.45, 2.75) is 0 Å². The van der Waals surface area contributed by atoms with Crippen molar-refractivity contribution in [3.63, 3.8) is 0 Å². The Kier molecular flexibility index (Phi) is 2.68. The zero-order chi connectivity index (χ0) is 13.4. The lowest BCUT2D eigenvalue weighted by Gasteiger charge is -2.06. The zero-order valence-corrected chi connectivity index (χ0v) is 10.4. The number of aromatic nitrogens is 3. The van der Waals surface area contributed by atoms with Gasteiger partial charge in [0, 0.05) is 6.20 Å². The molecule has 0 bridgehead atoms. The second-order valence-corrected chi connectivity index (χ2v) is 4.36. The molecule has 6 heteroatoms. The Morgan fingerprint density at radius 2 is 1.74 bits per heavy atom. The van der Waals surface area contributed by atoms with Crippen molar-refractivity contribution >= 4 is 17.2 Å². The van der Waals surface area contributed by atoms with Gasteiger partial charge in [0.05, 0.1) is 10.7 Å². The van der Waals surface area contributed by atoms with E-state index in [-0.39, 0.29) is 5.65 Å². The van der Waals surface area contributed by atoms with Crippen LogP contribution in [0.5, 0.6) is 0 Å². The van der Waals surface area contributed by atoms with Crippen LogP contribution in [0.1, 0.15) is 0 Å². The lowest BCUT2D eigenvalue weighted by Crippen LogP contribution is -2.37. The molecule has 0 N–H and O–H groups in total. The van der Waals surface area contributed by atoms with Gasteiger partial charge in [-0.15, -0.1) is 0 Å². The van der Waals surface area contributed by atoms with Crippen molar-refractivity contribution in [1.82, 2.24) is 14.0 Å². The van der Waals surface area contributed by atoms with Crippen LogP contribution in [-0.2, 0) is 0 Å². The normalized spacial score (nSPS) is 10.8. The van der Waals surface area contributed by atoms with E-state index in [2.05, 4.69) is 4.98 Å². The molecule has 0 saturated carbocycles. The quantitative estimate of drug-likeness (QED) is 0.675. The first kappa shape index (κ1) is 11.7. The fourth-order valence-corrected chi connectivity index (χ4v) is 2.01. The molecule has 0 radical (unpaired) electrons. The van der Waals surface area contributed by atoms with E-state index in [1.165, 1.54) is 16.7 Å². The molecule has 0 saturated heterocycles. The molecule has 0 aliphatic carbocycles. The average Bonchev–Trinajstić information content (AvgIpc) is 2.41. The van der Waals surface area contributed by atoms with Gasteiger partial charge < -0.3 is 0 Å². The molecule has 0 unspecified atom stereocenters. The van der Waals surface area contributed by atoms with Crippen LogP contribution in [-0.4, -0.2) is 14.0 Å². The third-order valence-electron chi connectivity index (χ3n) is 2.70. The Labute approximate surface area is 112 Å². The third kappa shape index (κ3) is 1.94. The summed E-state index contributed by atoms with van der Waals surface area (Å²) in [6.07, 6.45) is 1.44. The van der Waals surface area contributed by atoms with Crippen molar-refractivity contribution in [2.24, 2.45) is 0 Å². The summed E-state index contributed by atoms with van der Waals surface area (Å²) in [5.41, 5.74) is -0.367. The van der Waals surface area contributed by atoms with E-state index in [4.69, 9.17) is 11.6 Å². The average molecular weight is 274 g/mol. The molecule has 5 nitrogen and oxygen atoms in total. The predicted octanol–water partition coefficient (Wildman–Crippen LogP) is 1.50. The second kappa shape index (κ2) is 4.37. The highest BCUT2D eigenvalue weighted by Gasteiger charge is 2.09. The summed E-state index contributed by atoms with van der Waals surface area (Å²) in [6, 6.07) is 11.7. The smallest absolute Gasteiger partial charge is 0.251 e. The number of halogens is 1. The largest absolute Gasteiger partial charge is 0.358 e. The van der Waals surface area contributed by atoms with Crippen LogP contribution in [0.25, 0.3) is 11.3 Å². The molecule has 0 amide bonds. The summed E-state index contributed by atoms with van der Waals surface area (Å²) in [5, 5.41) is 0.398. The Balaban J connectivity index is 2.44. The summed E-state index contributed by atoms with van der Waals surface area (Å²) in [6.45, 7) is 0. The van der Waals surface area contributed by atoms with E-state index in [1.54, 1.807) is 36.4 Å². The van der Waals surface area contributed by atoms with E-state index < -0.39 is 11.4 Å². The maximum atomic E-state index is 12.3. The predicted molar refractivity (Wildman–Crippen MR) is 72.1 cm³/mol. The summed E-state index contributed by atoms with van der Waals surface area (Å²) >= 11 is 5.85. The minimum absolute atomic E-state index is 0.270. The number of benzene rings is 1. The molecule has 0 aliphatic rings. The Morgan fingerprint density at radius 3 is 2.47 bits per heavy atom. The fraction of sp³-hybridized carbons (Fsp3) is 0. The van der Waals surface area contributed by atoms with Crippen molar-refractivity contribution < 1.29 is 0 Å². The molecule has 1 aromatic carbocycles. The topological polar surface area (TPSA) is 56.4 Å². The van der Waals surface area contributed by atoms with E-state index in [0.29, 0.717) is 10.7 Å². The van der Waals surface area contributed by atoms with Crippen LogP contribution in [0.15, 0.2) is 58.3 Å².